The number of carbonyl (C=O) groups excluding carboxylic acids is 2. The third kappa shape index (κ3) is 8.83. The molecule has 2 amide bonds. The van der Waals surface area contributed by atoms with Crippen LogP contribution in [0, 0.1) is 0 Å². The molecule has 1 atom stereocenters. The number of anilines is 1. The van der Waals surface area contributed by atoms with Gasteiger partial charge in [-0.2, -0.15) is 0 Å². The van der Waals surface area contributed by atoms with Crippen LogP contribution in [-0.4, -0.2) is 49.5 Å². The minimum atomic E-state index is -3.70. The fourth-order valence-electron chi connectivity index (χ4n) is 3.53. The van der Waals surface area contributed by atoms with Crippen LogP contribution >= 0.6 is 34.8 Å². The van der Waals surface area contributed by atoms with E-state index in [1.54, 1.807) is 31.2 Å². The second kappa shape index (κ2) is 12.5. The molecule has 36 heavy (non-hydrogen) atoms. The summed E-state index contributed by atoms with van der Waals surface area (Å²) in [7, 11) is -3.70. The van der Waals surface area contributed by atoms with E-state index in [2.05, 4.69) is 5.32 Å². The Balaban J connectivity index is 2.24. The van der Waals surface area contributed by atoms with Crippen LogP contribution < -0.4 is 9.62 Å². The molecule has 0 aromatic heterocycles. The first-order valence-corrected chi connectivity index (χ1v) is 14.4. The van der Waals surface area contributed by atoms with Gasteiger partial charge >= 0.3 is 0 Å². The summed E-state index contributed by atoms with van der Waals surface area (Å²) in [6, 6.07) is 10.9. The second-order valence-electron chi connectivity index (χ2n) is 9.56. The zero-order chi connectivity index (χ0) is 27.3. The lowest BCUT2D eigenvalue weighted by Crippen LogP contribution is -2.52. The molecule has 2 rings (SSSR count). The summed E-state index contributed by atoms with van der Waals surface area (Å²) in [5.41, 5.74) is 0.466. The molecule has 0 aliphatic rings. The Morgan fingerprint density at radius 1 is 1.03 bits per heavy atom. The van der Waals surface area contributed by atoms with Gasteiger partial charge in [0.05, 0.1) is 17.0 Å². The van der Waals surface area contributed by atoms with Crippen molar-refractivity contribution in [2.75, 3.05) is 17.1 Å². The smallest absolute Gasteiger partial charge is 0.242 e. The fraction of sp³-hybridized carbons (Fsp3) is 0.440. The van der Waals surface area contributed by atoms with Crippen LogP contribution in [0.4, 0.5) is 5.69 Å². The topological polar surface area (TPSA) is 86.8 Å². The lowest BCUT2D eigenvalue weighted by molar-refractivity contribution is -0.141. The van der Waals surface area contributed by atoms with Gasteiger partial charge in [-0.1, -0.05) is 53.0 Å². The molecule has 0 spiro atoms. The molecule has 0 saturated heterocycles. The standard InChI is InChI=1S/C25H32Cl3N3O4S/c1-17(24(33)29-25(2,3)4)30(16-18-9-6-7-10-20(18)27)23(32)11-8-14-31(36(5,34)35)22-15-19(26)12-13-21(22)28/h6-7,9-10,12-13,15,17H,8,11,14,16H2,1-5H3,(H,29,33)/t17-/m0/s1. The number of halogens is 3. The maximum absolute atomic E-state index is 13.3. The van der Waals surface area contributed by atoms with Crippen LogP contribution in [0.25, 0.3) is 0 Å². The van der Waals surface area contributed by atoms with Gasteiger partial charge in [-0.15, -0.1) is 0 Å². The van der Waals surface area contributed by atoms with E-state index >= 15 is 0 Å². The van der Waals surface area contributed by atoms with Crippen molar-refractivity contribution in [2.24, 2.45) is 0 Å². The number of nitrogens with zero attached hydrogens (tertiary/aromatic N) is 2. The van der Waals surface area contributed by atoms with Crippen molar-refractivity contribution in [1.29, 1.82) is 0 Å². The molecule has 0 fully saturated rings. The summed E-state index contributed by atoms with van der Waals surface area (Å²) in [5, 5.41) is 3.95. The number of carbonyl (C=O) groups is 2. The summed E-state index contributed by atoms with van der Waals surface area (Å²) in [5.74, 6) is -0.608. The van der Waals surface area contributed by atoms with Crippen molar-refractivity contribution in [3.8, 4) is 0 Å². The molecule has 2 aromatic rings. The van der Waals surface area contributed by atoms with Gasteiger partial charge < -0.3 is 10.2 Å². The Bertz CT molecular complexity index is 1200. The third-order valence-corrected chi connectivity index (χ3v) is 7.40. The first-order valence-electron chi connectivity index (χ1n) is 11.4. The molecule has 0 unspecified atom stereocenters. The maximum Gasteiger partial charge on any atom is 0.242 e. The number of benzene rings is 2. The predicted molar refractivity (Wildman–Crippen MR) is 147 cm³/mol. The van der Waals surface area contributed by atoms with Crippen LogP contribution in [0.1, 0.15) is 46.1 Å². The van der Waals surface area contributed by atoms with Gasteiger partial charge in [-0.05, 0) is 63.9 Å². The zero-order valence-electron chi connectivity index (χ0n) is 21.0. The Labute approximate surface area is 228 Å². The van der Waals surface area contributed by atoms with Gasteiger partial charge in [0.15, 0.2) is 0 Å². The summed E-state index contributed by atoms with van der Waals surface area (Å²) < 4.78 is 26.1. The average molecular weight is 577 g/mol. The predicted octanol–water partition coefficient (Wildman–Crippen LogP) is 5.53. The first-order chi connectivity index (χ1) is 16.6. The van der Waals surface area contributed by atoms with E-state index in [1.807, 2.05) is 26.8 Å². The quantitative estimate of drug-likeness (QED) is 0.403. The van der Waals surface area contributed by atoms with E-state index in [4.69, 9.17) is 34.8 Å². The molecule has 11 heteroatoms. The van der Waals surface area contributed by atoms with Gasteiger partial charge in [0.2, 0.25) is 21.8 Å². The summed E-state index contributed by atoms with van der Waals surface area (Å²) >= 11 is 18.6. The van der Waals surface area contributed by atoms with E-state index < -0.39 is 21.6 Å². The van der Waals surface area contributed by atoms with Gasteiger partial charge in [-0.25, -0.2) is 8.42 Å². The number of hydrogen-bond donors (Lipinski definition) is 1. The number of amides is 2. The van der Waals surface area contributed by atoms with Crippen molar-refractivity contribution in [3.63, 3.8) is 0 Å². The zero-order valence-corrected chi connectivity index (χ0v) is 24.1. The molecule has 0 aliphatic heterocycles. The van der Waals surface area contributed by atoms with E-state index in [1.165, 1.54) is 17.0 Å². The second-order valence-corrected chi connectivity index (χ2v) is 12.7. The summed E-state index contributed by atoms with van der Waals surface area (Å²) in [4.78, 5) is 27.7. The molecule has 0 aliphatic carbocycles. The first kappa shape index (κ1) is 30.2. The van der Waals surface area contributed by atoms with Crippen molar-refractivity contribution in [1.82, 2.24) is 10.2 Å². The molecule has 0 heterocycles. The van der Waals surface area contributed by atoms with Crippen molar-refractivity contribution in [2.45, 2.75) is 58.7 Å². The van der Waals surface area contributed by atoms with Crippen LogP contribution in [-0.2, 0) is 26.2 Å². The molecule has 2 aromatic carbocycles. The molecule has 198 valence electrons. The van der Waals surface area contributed by atoms with Gasteiger partial charge in [0.25, 0.3) is 0 Å². The van der Waals surface area contributed by atoms with Crippen LogP contribution in [0.5, 0.6) is 0 Å². The van der Waals surface area contributed by atoms with Crippen LogP contribution in [0.2, 0.25) is 15.1 Å². The van der Waals surface area contributed by atoms with E-state index in [0.29, 0.717) is 15.6 Å². The van der Waals surface area contributed by atoms with Crippen molar-refractivity contribution < 1.29 is 18.0 Å². The van der Waals surface area contributed by atoms with Gasteiger partial charge in [0, 0.05) is 35.1 Å². The minimum absolute atomic E-state index is 0.00178. The van der Waals surface area contributed by atoms with Gasteiger partial charge in [-0.3, -0.25) is 13.9 Å². The summed E-state index contributed by atoms with van der Waals surface area (Å²) in [6.07, 6.45) is 1.26. The minimum Gasteiger partial charge on any atom is -0.350 e. The third-order valence-electron chi connectivity index (χ3n) is 5.29. The van der Waals surface area contributed by atoms with Crippen LogP contribution in [0.3, 0.4) is 0 Å². The Morgan fingerprint density at radius 3 is 2.25 bits per heavy atom. The number of hydrogen-bond acceptors (Lipinski definition) is 4. The highest BCUT2D eigenvalue weighted by molar-refractivity contribution is 7.92. The highest BCUT2D eigenvalue weighted by Crippen LogP contribution is 2.31. The van der Waals surface area contributed by atoms with E-state index in [9.17, 15) is 18.0 Å². The molecule has 0 radical (unpaired) electrons. The highest BCUT2D eigenvalue weighted by Gasteiger charge is 2.29. The largest absolute Gasteiger partial charge is 0.350 e. The van der Waals surface area contributed by atoms with Gasteiger partial charge in [0.1, 0.15) is 6.04 Å². The molecule has 0 saturated carbocycles. The van der Waals surface area contributed by atoms with E-state index in [0.717, 1.165) is 10.6 Å². The summed E-state index contributed by atoms with van der Waals surface area (Å²) in [6.45, 7) is 7.38. The molecule has 0 bridgehead atoms. The number of nitrogens with one attached hydrogen (secondary N) is 1. The van der Waals surface area contributed by atoms with Crippen molar-refractivity contribution >= 4 is 62.3 Å². The Kier molecular flexibility index (Phi) is 10.5. The number of rotatable bonds is 10. The molecular weight excluding hydrogens is 545 g/mol. The van der Waals surface area contributed by atoms with E-state index in [-0.39, 0.29) is 48.5 Å². The molecular formula is C25H32Cl3N3O4S. The Hall–Kier alpha value is -2.00. The lowest BCUT2D eigenvalue weighted by Gasteiger charge is -2.32. The normalized spacial score (nSPS) is 12.7. The molecule has 1 N–H and O–H groups in total. The Morgan fingerprint density at radius 2 is 1.67 bits per heavy atom. The molecule has 7 nitrogen and oxygen atoms in total. The number of sulfonamides is 1. The highest BCUT2D eigenvalue weighted by atomic mass is 35.5. The van der Waals surface area contributed by atoms with Crippen molar-refractivity contribution in [3.05, 3.63) is 63.1 Å². The average Bonchev–Trinajstić information content (AvgIpc) is 2.75. The SMILES string of the molecule is C[C@@H](C(=O)NC(C)(C)C)N(Cc1ccccc1Cl)C(=O)CCCN(c1cc(Cl)ccc1Cl)S(C)(=O)=O. The van der Waals surface area contributed by atoms with Crippen LogP contribution in [0.15, 0.2) is 42.5 Å². The monoisotopic (exact) mass is 575 g/mol. The maximum atomic E-state index is 13.3. The lowest BCUT2D eigenvalue weighted by atomic mass is 10.1. The fourth-order valence-corrected chi connectivity index (χ4v) is 5.13.